The molecular formula is C24H24F4N4O2. The Hall–Kier alpha value is -3.32. The molecule has 2 aromatic carbocycles. The van der Waals surface area contributed by atoms with E-state index in [0.29, 0.717) is 44.9 Å². The Balaban J connectivity index is 1.56. The number of amides is 2. The van der Waals surface area contributed by atoms with Crippen molar-refractivity contribution in [3.05, 3.63) is 59.4 Å². The maximum Gasteiger partial charge on any atom is 0.417 e. The first-order valence-corrected chi connectivity index (χ1v) is 10.8. The van der Waals surface area contributed by atoms with Crippen LogP contribution in [0.15, 0.2) is 42.5 Å². The fourth-order valence-corrected chi connectivity index (χ4v) is 5.07. The molecule has 10 heteroatoms. The van der Waals surface area contributed by atoms with Crippen molar-refractivity contribution in [3.8, 4) is 6.07 Å². The van der Waals surface area contributed by atoms with Gasteiger partial charge in [0.15, 0.2) is 0 Å². The van der Waals surface area contributed by atoms with Gasteiger partial charge in [-0.15, -0.1) is 0 Å². The number of carbonyl (C=O) groups excluding carboxylic acids is 1. The molecule has 2 amide bonds. The Labute approximate surface area is 194 Å². The van der Waals surface area contributed by atoms with Gasteiger partial charge in [-0.05, 0) is 42.7 Å². The summed E-state index contributed by atoms with van der Waals surface area (Å²) in [6.07, 6.45) is -4.01. The molecule has 2 aromatic rings. The molecule has 2 atom stereocenters. The maximum atomic E-state index is 14.0. The van der Waals surface area contributed by atoms with E-state index in [1.807, 2.05) is 4.90 Å². The molecule has 0 unspecified atom stereocenters. The summed E-state index contributed by atoms with van der Waals surface area (Å²) in [7, 11) is 1.55. The van der Waals surface area contributed by atoms with Gasteiger partial charge in [-0.3, -0.25) is 0 Å². The lowest BCUT2D eigenvalue weighted by Crippen LogP contribution is -2.53. The number of methoxy groups -OCH3 is 1. The van der Waals surface area contributed by atoms with E-state index < -0.39 is 34.6 Å². The lowest BCUT2D eigenvalue weighted by atomic mass is 9.74. The fraction of sp³-hybridized carbons (Fsp3) is 0.417. The number of nitrogens with zero attached hydrogens (tertiary/aromatic N) is 3. The minimum Gasteiger partial charge on any atom is -0.384 e. The van der Waals surface area contributed by atoms with Crippen LogP contribution in [0.25, 0.3) is 0 Å². The second-order valence-corrected chi connectivity index (χ2v) is 8.83. The van der Waals surface area contributed by atoms with E-state index in [9.17, 15) is 22.4 Å². The maximum absolute atomic E-state index is 14.0. The third-order valence-electron chi connectivity index (χ3n) is 6.69. The number of anilines is 2. The van der Waals surface area contributed by atoms with Gasteiger partial charge in [0, 0.05) is 44.4 Å². The molecule has 0 spiro atoms. The molecule has 34 heavy (non-hydrogen) atoms. The van der Waals surface area contributed by atoms with Gasteiger partial charge in [-0.2, -0.15) is 18.4 Å². The summed E-state index contributed by atoms with van der Waals surface area (Å²) < 4.78 is 59.9. The summed E-state index contributed by atoms with van der Waals surface area (Å²) in [5.41, 5.74) is -1.42. The van der Waals surface area contributed by atoms with E-state index in [4.69, 9.17) is 10.00 Å². The van der Waals surface area contributed by atoms with Crippen molar-refractivity contribution in [3.63, 3.8) is 0 Å². The van der Waals surface area contributed by atoms with Crippen LogP contribution in [0.1, 0.15) is 17.5 Å². The smallest absolute Gasteiger partial charge is 0.384 e. The van der Waals surface area contributed by atoms with Crippen molar-refractivity contribution >= 4 is 17.4 Å². The van der Waals surface area contributed by atoms with E-state index in [1.54, 1.807) is 24.1 Å². The number of rotatable bonds is 4. The van der Waals surface area contributed by atoms with Crippen LogP contribution in [0.2, 0.25) is 0 Å². The molecule has 180 valence electrons. The van der Waals surface area contributed by atoms with Crippen molar-refractivity contribution in [2.75, 3.05) is 50.1 Å². The zero-order valence-electron chi connectivity index (χ0n) is 18.5. The number of halogens is 4. The summed E-state index contributed by atoms with van der Waals surface area (Å²) >= 11 is 0. The zero-order chi connectivity index (χ0) is 24.5. The molecule has 6 nitrogen and oxygen atoms in total. The van der Waals surface area contributed by atoms with Crippen molar-refractivity contribution in [1.82, 2.24) is 4.90 Å². The normalized spacial score (nSPS) is 22.3. The highest BCUT2D eigenvalue weighted by atomic mass is 19.4. The largest absolute Gasteiger partial charge is 0.417 e. The molecule has 0 bridgehead atoms. The molecule has 0 radical (unpaired) electrons. The molecule has 2 saturated heterocycles. The predicted molar refractivity (Wildman–Crippen MR) is 118 cm³/mol. The molecule has 1 N–H and O–H groups in total. The van der Waals surface area contributed by atoms with Gasteiger partial charge in [-0.1, -0.05) is 12.1 Å². The first-order chi connectivity index (χ1) is 16.2. The molecule has 0 saturated carbocycles. The minimum absolute atomic E-state index is 0.0840. The molecule has 4 rings (SSSR count). The van der Waals surface area contributed by atoms with Crippen LogP contribution in [0.4, 0.5) is 33.7 Å². The number of fused-ring (bicyclic) bond motifs is 1. The quantitative estimate of drug-likeness (QED) is 0.649. The van der Waals surface area contributed by atoms with E-state index >= 15 is 0 Å². The Kier molecular flexibility index (Phi) is 6.41. The number of nitriles is 1. The number of piperidine rings is 1. The highest BCUT2D eigenvalue weighted by Crippen LogP contribution is 2.45. The standard InChI is InChI=1S/C24H24F4N4O2/c1-34-15-23-13-31(22(33)30-21-5-3-2-4-20(21)25)9-8-17(23)12-32(14-23)18-7-6-16(11-29)19(10-18)24(26,27)28/h2-7,10,17H,8-9,12-15H2,1H3,(H,30,33)/t17-,23+/m1/s1. The van der Waals surface area contributed by atoms with Crippen LogP contribution in [0.3, 0.4) is 0 Å². The van der Waals surface area contributed by atoms with E-state index in [-0.39, 0.29) is 11.6 Å². The third-order valence-corrected chi connectivity index (χ3v) is 6.69. The lowest BCUT2D eigenvalue weighted by Gasteiger charge is -2.43. The molecular weight excluding hydrogens is 452 g/mol. The summed E-state index contributed by atoms with van der Waals surface area (Å²) in [5, 5.41) is 11.7. The number of likely N-dealkylation sites (tertiary alicyclic amines) is 1. The van der Waals surface area contributed by atoms with Gasteiger partial charge < -0.3 is 19.9 Å². The summed E-state index contributed by atoms with van der Waals surface area (Å²) in [6, 6.07) is 10.8. The molecule has 0 aliphatic carbocycles. The highest BCUT2D eigenvalue weighted by molar-refractivity contribution is 5.89. The topological polar surface area (TPSA) is 68.6 Å². The molecule has 0 aromatic heterocycles. The van der Waals surface area contributed by atoms with Crippen LogP contribution < -0.4 is 10.2 Å². The summed E-state index contributed by atoms with van der Waals surface area (Å²) in [4.78, 5) is 16.3. The van der Waals surface area contributed by atoms with Crippen molar-refractivity contribution in [2.45, 2.75) is 12.6 Å². The van der Waals surface area contributed by atoms with Crippen LogP contribution in [-0.2, 0) is 10.9 Å². The van der Waals surface area contributed by atoms with Crippen LogP contribution in [-0.4, -0.2) is 50.8 Å². The van der Waals surface area contributed by atoms with Crippen molar-refractivity contribution in [2.24, 2.45) is 11.3 Å². The Morgan fingerprint density at radius 2 is 2.03 bits per heavy atom. The molecule has 2 aliphatic heterocycles. The van der Waals surface area contributed by atoms with E-state index in [2.05, 4.69) is 5.32 Å². The summed E-state index contributed by atoms with van der Waals surface area (Å²) in [5.74, 6) is -0.444. The van der Waals surface area contributed by atoms with Crippen LogP contribution in [0.5, 0.6) is 0 Å². The molecule has 2 aliphatic rings. The lowest BCUT2D eigenvalue weighted by molar-refractivity contribution is -0.137. The number of nitrogens with one attached hydrogen (secondary N) is 1. The second-order valence-electron chi connectivity index (χ2n) is 8.83. The highest BCUT2D eigenvalue weighted by Gasteiger charge is 2.51. The second kappa shape index (κ2) is 9.14. The van der Waals surface area contributed by atoms with Crippen molar-refractivity contribution in [1.29, 1.82) is 5.26 Å². The van der Waals surface area contributed by atoms with E-state index in [0.717, 1.165) is 6.07 Å². The predicted octanol–water partition coefficient (Wildman–Crippen LogP) is 4.72. The average molecular weight is 476 g/mol. The van der Waals surface area contributed by atoms with Gasteiger partial charge in [-0.25, -0.2) is 9.18 Å². The number of alkyl halides is 3. The first kappa shape index (κ1) is 23.8. The average Bonchev–Trinajstić information content (AvgIpc) is 3.18. The SMILES string of the molecule is COC[C@@]12CN(C(=O)Nc3ccccc3F)CC[C@@H]1CN(c1ccc(C#N)c(C(F)(F)F)c1)C2. The first-order valence-electron chi connectivity index (χ1n) is 10.8. The minimum atomic E-state index is -4.64. The van der Waals surface area contributed by atoms with Crippen LogP contribution in [0, 0.1) is 28.5 Å². The number of carbonyl (C=O) groups is 1. The number of hydrogen-bond acceptors (Lipinski definition) is 4. The monoisotopic (exact) mass is 476 g/mol. The number of ether oxygens (including phenoxy) is 1. The molecule has 2 fully saturated rings. The van der Waals surface area contributed by atoms with Crippen molar-refractivity contribution < 1.29 is 27.1 Å². The molecule has 2 heterocycles. The van der Waals surface area contributed by atoms with Gasteiger partial charge in [0.1, 0.15) is 5.82 Å². The van der Waals surface area contributed by atoms with Gasteiger partial charge >= 0.3 is 12.2 Å². The number of para-hydroxylation sites is 1. The van der Waals surface area contributed by atoms with E-state index in [1.165, 1.54) is 30.3 Å². The Bertz CT molecular complexity index is 1120. The van der Waals surface area contributed by atoms with Crippen LogP contribution >= 0.6 is 0 Å². The van der Waals surface area contributed by atoms with Gasteiger partial charge in [0.25, 0.3) is 0 Å². The number of benzene rings is 2. The summed E-state index contributed by atoms with van der Waals surface area (Å²) in [6.45, 7) is 1.98. The van der Waals surface area contributed by atoms with Gasteiger partial charge in [0.2, 0.25) is 0 Å². The third kappa shape index (κ3) is 4.53. The Morgan fingerprint density at radius 3 is 2.71 bits per heavy atom. The fourth-order valence-electron chi connectivity index (χ4n) is 5.07. The number of urea groups is 1. The zero-order valence-corrected chi connectivity index (χ0v) is 18.5. The number of hydrogen-bond donors (Lipinski definition) is 1. The van der Waals surface area contributed by atoms with Gasteiger partial charge in [0.05, 0.1) is 29.5 Å². The Morgan fingerprint density at radius 1 is 1.26 bits per heavy atom.